The number of aliphatic hydroxyl groups is 1. The Morgan fingerprint density at radius 2 is 2.27 bits per heavy atom. The summed E-state index contributed by atoms with van der Waals surface area (Å²) in [7, 11) is 3.57. The fourth-order valence-corrected chi connectivity index (χ4v) is 2.44. The zero-order valence-corrected chi connectivity index (χ0v) is 12.9. The summed E-state index contributed by atoms with van der Waals surface area (Å²) in [5.74, 6) is 2.32. The van der Waals surface area contributed by atoms with Crippen molar-refractivity contribution in [1.82, 2.24) is 15.0 Å². The summed E-state index contributed by atoms with van der Waals surface area (Å²) >= 11 is 0. The van der Waals surface area contributed by atoms with Crippen molar-refractivity contribution in [3.8, 4) is 17.1 Å². The summed E-state index contributed by atoms with van der Waals surface area (Å²) < 4.78 is 10.5. The van der Waals surface area contributed by atoms with E-state index in [4.69, 9.17) is 9.26 Å². The Kier molecular flexibility index (Phi) is 4.40. The molecule has 1 aliphatic carbocycles. The molecule has 0 bridgehead atoms. The molecule has 1 aromatic carbocycles. The lowest BCUT2D eigenvalue weighted by atomic mass is 10.2. The normalized spacial score (nSPS) is 16.0. The minimum absolute atomic E-state index is 0.259. The van der Waals surface area contributed by atoms with Gasteiger partial charge in [0.2, 0.25) is 11.7 Å². The van der Waals surface area contributed by atoms with E-state index in [-0.39, 0.29) is 6.10 Å². The zero-order chi connectivity index (χ0) is 15.5. The van der Waals surface area contributed by atoms with Gasteiger partial charge in [0.05, 0.1) is 19.8 Å². The third kappa shape index (κ3) is 3.64. The number of hydrogen-bond donors (Lipinski definition) is 1. The average Bonchev–Trinajstić information content (AvgIpc) is 3.28. The van der Waals surface area contributed by atoms with Crippen LogP contribution >= 0.6 is 0 Å². The molecule has 0 amide bonds. The van der Waals surface area contributed by atoms with Crippen molar-refractivity contribution in [3.05, 3.63) is 30.2 Å². The molecule has 6 heteroatoms. The summed E-state index contributed by atoms with van der Waals surface area (Å²) in [6, 6.07) is 7.55. The number of aliphatic hydroxyl groups excluding tert-OH is 1. The number of benzene rings is 1. The highest BCUT2D eigenvalue weighted by Gasteiger charge is 2.30. The lowest BCUT2D eigenvalue weighted by molar-refractivity contribution is 0.0992. The van der Waals surface area contributed by atoms with Crippen molar-refractivity contribution in [3.63, 3.8) is 0 Å². The van der Waals surface area contributed by atoms with Gasteiger partial charge in [-0.15, -0.1) is 0 Å². The van der Waals surface area contributed by atoms with Gasteiger partial charge in [-0.1, -0.05) is 17.3 Å². The molecule has 1 heterocycles. The quantitative estimate of drug-likeness (QED) is 0.843. The van der Waals surface area contributed by atoms with Crippen LogP contribution in [0, 0.1) is 5.92 Å². The summed E-state index contributed by atoms with van der Waals surface area (Å²) in [5, 5.41) is 14.0. The molecule has 22 heavy (non-hydrogen) atoms. The first-order valence-corrected chi connectivity index (χ1v) is 7.49. The molecule has 0 aliphatic heterocycles. The Morgan fingerprint density at radius 1 is 1.45 bits per heavy atom. The van der Waals surface area contributed by atoms with Crippen molar-refractivity contribution in [2.75, 3.05) is 20.7 Å². The van der Waals surface area contributed by atoms with Gasteiger partial charge < -0.3 is 14.4 Å². The minimum Gasteiger partial charge on any atom is -0.497 e. The van der Waals surface area contributed by atoms with Crippen LogP contribution in [0.3, 0.4) is 0 Å². The van der Waals surface area contributed by atoms with Gasteiger partial charge in [-0.25, -0.2) is 0 Å². The lowest BCUT2D eigenvalue weighted by Crippen LogP contribution is -2.30. The van der Waals surface area contributed by atoms with Crippen LogP contribution < -0.4 is 4.74 Å². The standard InChI is InChI=1S/C16H21N3O3/c1-19(9-14(20)11-6-7-11)10-15-17-16(18-22-15)12-4-3-5-13(8-12)21-2/h3-5,8,11,14,20H,6-7,9-10H2,1-2H3. The highest BCUT2D eigenvalue weighted by Crippen LogP contribution is 2.32. The van der Waals surface area contributed by atoms with Crippen molar-refractivity contribution in [2.24, 2.45) is 5.92 Å². The monoisotopic (exact) mass is 303 g/mol. The topological polar surface area (TPSA) is 71.6 Å². The van der Waals surface area contributed by atoms with Crippen LogP contribution in [0.15, 0.2) is 28.8 Å². The smallest absolute Gasteiger partial charge is 0.241 e. The maximum Gasteiger partial charge on any atom is 0.241 e. The van der Waals surface area contributed by atoms with Crippen molar-refractivity contribution in [2.45, 2.75) is 25.5 Å². The number of rotatable bonds is 7. The van der Waals surface area contributed by atoms with E-state index in [1.165, 1.54) is 0 Å². The second-order valence-corrected chi connectivity index (χ2v) is 5.85. The molecule has 1 fully saturated rings. The molecule has 1 saturated carbocycles. The van der Waals surface area contributed by atoms with Crippen LogP contribution in [0.4, 0.5) is 0 Å². The summed E-state index contributed by atoms with van der Waals surface area (Å²) in [6.45, 7) is 1.16. The van der Waals surface area contributed by atoms with Crippen molar-refractivity contribution < 1.29 is 14.4 Å². The Morgan fingerprint density at radius 3 is 3.00 bits per heavy atom. The molecule has 0 saturated heterocycles. The molecular formula is C16H21N3O3. The largest absolute Gasteiger partial charge is 0.497 e. The molecule has 1 aliphatic rings. The average molecular weight is 303 g/mol. The fourth-order valence-electron chi connectivity index (χ4n) is 2.44. The maximum atomic E-state index is 9.96. The molecule has 1 N–H and O–H groups in total. The number of aromatic nitrogens is 2. The maximum absolute atomic E-state index is 9.96. The predicted molar refractivity (Wildman–Crippen MR) is 81.4 cm³/mol. The number of hydrogen-bond acceptors (Lipinski definition) is 6. The van der Waals surface area contributed by atoms with Gasteiger partial charge in [0.1, 0.15) is 5.75 Å². The molecule has 3 rings (SSSR count). The van der Waals surface area contributed by atoms with Crippen LogP contribution in [-0.4, -0.2) is 47.0 Å². The van der Waals surface area contributed by atoms with Gasteiger partial charge in [0.15, 0.2) is 0 Å². The fraction of sp³-hybridized carbons (Fsp3) is 0.500. The van der Waals surface area contributed by atoms with E-state index in [0.29, 0.717) is 30.7 Å². The lowest BCUT2D eigenvalue weighted by Gasteiger charge is -2.18. The van der Waals surface area contributed by atoms with E-state index in [1.54, 1.807) is 7.11 Å². The molecule has 1 unspecified atom stereocenters. The second kappa shape index (κ2) is 6.46. The van der Waals surface area contributed by atoms with Gasteiger partial charge in [-0.2, -0.15) is 4.98 Å². The molecule has 6 nitrogen and oxygen atoms in total. The first-order valence-electron chi connectivity index (χ1n) is 7.49. The van der Waals surface area contributed by atoms with Crippen LogP contribution in [0.5, 0.6) is 5.75 Å². The van der Waals surface area contributed by atoms with Gasteiger partial charge in [0, 0.05) is 12.1 Å². The van der Waals surface area contributed by atoms with Crippen molar-refractivity contribution in [1.29, 1.82) is 0 Å². The molecule has 1 atom stereocenters. The van der Waals surface area contributed by atoms with Gasteiger partial charge in [-0.05, 0) is 37.9 Å². The highest BCUT2D eigenvalue weighted by molar-refractivity contribution is 5.56. The molecule has 1 aromatic heterocycles. The SMILES string of the molecule is COc1cccc(-c2noc(CN(C)CC(O)C3CC3)n2)c1. The Bertz CT molecular complexity index is 625. The van der Waals surface area contributed by atoms with Crippen LogP contribution in [0.2, 0.25) is 0 Å². The van der Waals surface area contributed by atoms with Gasteiger partial charge in [0.25, 0.3) is 0 Å². The van der Waals surface area contributed by atoms with E-state index in [2.05, 4.69) is 10.1 Å². The van der Waals surface area contributed by atoms with Crippen LogP contribution in [-0.2, 0) is 6.54 Å². The third-order valence-corrected chi connectivity index (χ3v) is 3.87. The Labute approximate surface area is 129 Å². The van der Waals surface area contributed by atoms with E-state index < -0.39 is 0 Å². The second-order valence-electron chi connectivity index (χ2n) is 5.85. The zero-order valence-electron chi connectivity index (χ0n) is 12.9. The number of nitrogens with zero attached hydrogens (tertiary/aromatic N) is 3. The van der Waals surface area contributed by atoms with Gasteiger partial charge >= 0.3 is 0 Å². The molecule has 2 aromatic rings. The van der Waals surface area contributed by atoms with Crippen LogP contribution in [0.1, 0.15) is 18.7 Å². The summed E-state index contributed by atoms with van der Waals surface area (Å²) in [6.07, 6.45) is 2.01. The minimum atomic E-state index is -0.259. The number of likely N-dealkylation sites (N-methyl/N-ethyl adjacent to an activating group) is 1. The number of ether oxygens (including phenoxy) is 1. The van der Waals surface area contributed by atoms with E-state index in [1.807, 2.05) is 36.2 Å². The predicted octanol–water partition coefficient (Wildman–Crippen LogP) is 1.95. The first-order chi connectivity index (χ1) is 10.7. The van der Waals surface area contributed by atoms with Crippen LogP contribution in [0.25, 0.3) is 11.4 Å². The number of methoxy groups -OCH3 is 1. The van der Waals surface area contributed by atoms with E-state index in [9.17, 15) is 5.11 Å². The molecule has 118 valence electrons. The Balaban J connectivity index is 1.62. The summed E-state index contributed by atoms with van der Waals surface area (Å²) in [5.41, 5.74) is 0.856. The molecule has 0 spiro atoms. The van der Waals surface area contributed by atoms with Gasteiger partial charge in [-0.3, -0.25) is 4.90 Å². The molecule has 0 radical (unpaired) electrons. The highest BCUT2D eigenvalue weighted by atomic mass is 16.5. The third-order valence-electron chi connectivity index (χ3n) is 3.87. The van der Waals surface area contributed by atoms with Crippen molar-refractivity contribution >= 4 is 0 Å². The van der Waals surface area contributed by atoms with E-state index in [0.717, 1.165) is 24.2 Å². The first kappa shape index (κ1) is 15.0. The van der Waals surface area contributed by atoms with E-state index >= 15 is 0 Å². The molecular weight excluding hydrogens is 282 g/mol. The Hall–Kier alpha value is -1.92. The summed E-state index contributed by atoms with van der Waals surface area (Å²) in [4.78, 5) is 6.41.